The van der Waals surface area contributed by atoms with Crippen molar-refractivity contribution >= 4 is 11.6 Å². The number of nitrogens with one attached hydrogen (secondary N) is 1. The van der Waals surface area contributed by atoms with Crippen LogP contribution in [0.1, 0.15) is 35.7 Å². The van der Waals surface area contributed by atoms with Crippen LogP contribution in [0.3, 0.4) is 0 Å². The van der Waals surface area contributed by atoms with Gasteiger partial charge in [0.05, 0.1) is 0 Å². The van der Waals surface area contributed by atoms with E-state index in [-0.39, 0.29) is 5.91 Å². The monoisotopic (exact) mass is 261 g/mol. The number of likely N-dealkylation sites (tertiary alicyclic amines) is 1. The molecule has 0 aromatic heterocycles. The molecule has 1 aliphatic rings. The number of nitrogens with two attached hydrogens (primary N) is 1. The van der Waals surface area contributed by atoms with Gasteiger partial charge in [-0.1, -0.05) is 6.07 Å². The predicted octanol–water partition coefficient (Wildman–Crippen LogP) is 1.79. The van der Waals surface area contributed by atoms with Crippen molar-refractivity contribution in [2.24, 2.45) is 0 Å². The van der Waals surface area contributed by atoms with Gasteiger partial charge in [-0.3, -0.25) is 9.69 Å². The van der Waals surface area contributed by atoms with Gasteiger partial charge in [0.15, 0.2) is 0 Å². The maximum absolute atomic E-state index is 12.2. The molecule has 1 atom stereocenters. The highest BCUT2D eigenvalue weighted by Gasteiger charge is 2.19. The van der Waals surface area contributed by atoms with Crippen molar-refractivity contribution in [3.8, 4) is 0 Å². The molecule has 0 aliphatic carbocycles. The van der Waals surface area contributed by atoms with Crippen LogP contribution >= 0.6 is 0 Å². The molecule has 4 nitrogen and oxygen atoms in total. The summed E-state index contributed by atoms with van der Waals surface area (Å²) >= 11 is 0. The molecular weight excluding hydrogens is 238 g/mol. The molecule has 1 amide bonds. The molecule has 2 rings (SSSR count). The third kappa shape index (κ3) is 3.47. The molecule has 19 heavy (non-hydrogen) atoms. The minimum absolute atomic E-state index is 0.0316. The minimum Gasteiger partial charge on any atom is -0.399 e. The van der Waals surface area contributed by atoms with Crippen molar-refractivity contribution in [3.63, 3.8) is 0 Å². The van der Waals surface area contributed by atoms with Crippen LogP contribution in [0.15, 0.2) is 18.2 Å². The van der Waals surface area contributed by atoms with Crippen LogP contribution in [0.5, 0.6) is 0 Å². The highest BCUT2D eigenvalue weighted by atomic mass is 16.1. The molecule has 4 heteroatoms. The van der Waals surface area contributed by atoms with E-state index in [4.69, 9.17) is 5.73 Å². The number of amides is 1. The van der Waals surface area contributed by atoms with Gasteiger partial charge in [-0.05, 0) is 57.5 Å². The van der Waals surface area contributed by atoms with Crippen LogP contribution in [0.4, 0.5) is 5.69 Å². The lowest BCUT2D eigenvalue weighted by molar-refractivity contribution is 0.0940. The first-order valence-electron chi connectivity index (χ1n) is 6.96. The summed E-state index contributed by atoms with van der Waals surface area (Å²) in [7, 11) is 0. The molecule has 1 unspecified atom stereocenters. The largest absolute Gasteiger partial charge is 0.399 e. The number of hydrogen-bond acceptors (Lipinski definition) is 3. The molecule has 1 saturated heterocycles. The summed E-state index contributed by atoms with van der Waals surface area (Å²) in [4.78, 5) is 14.6. The van der Waals surface area contributed by atoms with Gasteiger partial charge in [0.25, 0.3) is 5.91 Å². The van der Waals surface area contributed by atoms with Crippen molar-refractivity contribution in [1.82, 2.24) is 10.2 Å². The van der Waals surface area contributed by atoms with Crippen LogP contribution in [-0.2, 0) is 0 Å². The lowest BCUT2D eigenvalue weighted by Gasteiger charge is -2.24. The number of nitrogens with zero attached hydrogens (tertiary/aromatic N) is 1. The quantitative estimate of drug-likeness (QED) is 0.812. The topological polar surface area (TPSA) is 58.4 Å². The number of anilines is 1. The molecule has 1 fully saturated rings. The average Bonchev–Trinajstić information content (AvgIpc) is 2.92. The minimum atomic E-state index is -0.0316. The Balaban J connectivity index is 1.91. The fourth-order valence-electron chi connectivity index (χ4n) is 2.53. The maximum Gasteiger partial charge on any atom is 0.251 e. The summed E-state index contributed by atoms with van der Waals surface area (Å²) in [6, 6.07) is 5.84. The van der Waals surface area contributed by atoms with Gasteiger partial charge in [-0.2, -0.15) is 0 Å². The van der Waals surface area contributed by atoms with Crippen molar-refractivity contribution < 1.29 is 4.79 Å². The molecule has 1 aliphatic heterocycles. The van der Waals surface area contributed by atoms with E-state index in [2.05, 4.69) is 17.1 Å². The molecule has 1 aromatic carbocycles. The number of carbonyl (C=O) groups is 1. The van der Waals surface area contributed by atoms with Crippen LogP contribution in [0.2, 0.25) is 0 Å². The summed E-state index contributed by atoms with van der Waals surface area (Å²) in [5.74, 6) is -0.0316. The molecule has 0 radical (unpaired) electrons. The van der Waals surface area contributed by atoms with E-state index in [0.717, 1.165) is 18.7 Å². The summed E-state index contributed by atoms with van der Waals surface area (Å²) in [6.45, 7) is 7.08. The van der Waals surface area contributed by atoms with Crippen LogP contribution in [0, 0.1) is 6.92 Å². The average molecular weight is 261 g/mol. The number of nitrogen functional groups attached to an aromatic ring is 1. The summed E-state index contributed by atoms with van der Waals surface area (Å²) in [6.07, 6.45) is 2.54. The van der Waals surface area contributed by atoms with Gasteiger partial charge < -0.3 is 11.1 Å². The number of benzene rings is 1. The number of carbonyl (C=O) groups excluding carboxylic acids is 1. The number of aryl methyl sites for hydroxylation is 1. The van der Waals surface area contributed by atoms with E-state index in [1.54, 1.807) is 6.07 Å². The van der Waals surface area contributed by atoms with E-state index in [1.807, 2.05) is 19.1 Å². The normalized spacial score (nSPS) is 17.4. The molecule has 0 bridgehead atoms. The molecule has 0 spiro atoms. The van der Waals surface area contributed by atoms with Gasteiger partial charge >= 0.3 is 0 Å². The Morgan fingerprint density at radius 2 is 2.11 bits per heavy atom. The molecular formula is C15H23N3O. The number of hydrogen-bond donors (Lipinski definition) is 2. The van der Waals surface area contributed by atoms with E-state index >= 15 is 0 Å². The fraction of sp³-hybridized carbons (Fsp3) is 0.533. The molecule has 1 heterocycles. The maximum atomic E-state index is 12.2. The van der Waals surface area contributed by atoms with E-state index < -0.39 is 0 Å². The van der Waals surface area contributed by atoms with Gasteiger partial charge in [0, 0.05) is 23.8 Å². The first-order valence-corrected chi connectivity index (χ1v) is 6.96. The van der Waals surface area contributed by atoms with Crippen molar-refractivity contribution in [2.45, 2.75) is 32.7 Å². The Hall–Kier alpha value is -1.55. The van der Waals surface area contributed by atoms with Crippen LogP contribution < -0.4 is 11.1 Å². The second kappa shape index (κ2) is 6.06. The molecule has 0 saturated carbocycles. The fourth-order valence-corrected chi connectivity index (χ4v) is 2.53. The molecule has 1 aromatic rings. The highest BCUT2D eigenvalue weighted by Crippen LogP contribution is 2.13. The Labute approximate surface area is 115 Å². The Bertz CT molecular complexity index is 453. The summed E-state index contributed by atoms with van der Waals surface area (Å²) < 4.78 is 0. The van der Waals surface area contributed by atoms with Crippen LogP contribution in [0.25, 0.3) is 0 Å². The second-order valence-corrected chi connectivity index (χ2v) is 5.38. The van der Waals surface area contributed by atoms with Gasteiger partial charge in [-0.15, -0.1) is 0 Å². The zero-order valence-corrected chi connectivity index (χ0v) is 11.8. The summed E-state index contributed by atoms with van der Waals surface area (Å²) in [5, 5.41) is 3.01. The molecule has 104 valence electrons. The third-order valence-corrected chi connectivity index (χ3v) is 3.83. The lowest BCUT2D eigenvalue weighted by Crippen LogP contribution is -2.40. The van der Waals surface area contributed by atoms with E-state index in [1.165, 1.54) is 12.8 Å². The zero-order valence-electron chi connectivity index (χ0n) is 11.8. The van der Waals surface area contributed by atoms with Crippen molar-refractivity contribution in [3.05, 3.63) is 29.3 Å². The second-order valence-electron chi connectivity index (χ2n) is 5.38. The van der Waals surface area contributed by atoms with E-state index in [9.17, 15) is 4.79 Å². The van der Waals surface area contributed by atoms with Gasteiger partial charge in [-0.25, -0.2) is 0 Å². The third-order valence-electron chi connectivity index (χ3n) is 3.83. The summed E-state index contributed by atoms with van der Waals surface area (Å²) in [5.41, 5.74) is 7.99. The van der Waals surface area contributed by atoms with E-state index in [0.29, 0.717) is 23.8 Å². The van der Waals surface area contributed by atoms with Crippen molar-refractivity contribution in [1.29, 1.82) is 0 Å². The van der Waals surface area contributed by atoms with Gasteiger partial charge in [0.2, 0.25) is 0 Å². The van der Waals surface area contributed by atoms with Gasteiger partial charge in [0.1, 0.15) is 0 Å². The lowest BCUT2D eigenvalue weighted by atomic mass is 10.1. The standard InChI is InChI=1S/C15H23N3O/c1-11-5-6-13(16)9-14(11)15(19)17-10-12(2)18-7-3-4-8-18/h5-6,9,12H,3-4,7-8,10,16H2,1-2H3,(H,17,19). The predicted molar refractivity (Wildman–Crippen MR) is 78.2 cm³/mol. The Kier molecular flexibility index (Phi) is 4.43. The smallest absolute Gasteiger partial charge is 0.251 e. The SMILES string of the molecule is Cc1ccc(N)cc1C(=O)NCC(C)N1CCCC1. The Morgan fingerprint density at radius 1 is 1.42 bits per heavy atom. The Morgan fingerprint density at radius 3 is 2.79 bits per heavy atom. The van der Waals surface area contributed by atoms with Crippen LogP contribution in [-0.4, -0.2) is 36.5 Å². The zero-order chi connectivity index (χ0) is 13.8. The first kappa shape index (κ1) is 13.9. The highest BCUT2D eigenvalue weighted by molar-refractivity contribution is 5.96. The molecule has 3 N–H and O–H groups in total. The first-order chi connectivity index (χ1) is 9.08. The number of rotatable bonds is 4. The van der Waals surface area contributed by atoms with Crippen molar-refractivity contribution in [2.75, 3.05) is 25.4 Å².